The zero-order chi connectivity index (χ0) is 14.7. The van der Waals surface area contributed by atoms with Crippen LogP contribution in [0.25, 0.3) is 0 Å². The van der Waals surface area contributed by atoms with Crippen LogP contribution in [0.5, 0.6) is 0 Å². The first-order valence-electron chi connectivity index (χ1n) is 7.45. The minimum atomic E-state index is -0.213. The molecule has 3 rings (SSSR count). The minimum absolute atomic E-state index is 0.137. The number of amides is 1. The number of rotatable bonds is 3. The molecule has 0 saturated carbocycles. The van der Waals surface area contributed by atoms with E-state index in [2.05, 4.69) is 12.6 Å². The van der Waals surface area contributed by atoms with E-state index >= 15 is 0 Å². The molecule has 2 aliphatic heterocycles. The largest absolute Gasteiger partial charge is 0.445 e. The number of ether oxygens (including phenoxy) is 2. The van der Waals surface area contributed by atoms with Gasteiger partial charge in [0.15, 0.2) is 0 Å². The van der Waals surface area contributed by atoms with Crippen LogP contribution in [0.2, 0.25) is 0 Å². The highest BCUT2D eigenvalue weighted by molar-refractivity contribution is 7.80. The maximum absolute atomic E-state index is 12.4. The van der Waals surface area contributed by atoms with Crippen LogP contribution in [0.1, 0.15) is 18.4 Å². The second kappa shape index (κ2) is 6.71. The van der Waals surface area contributed by atoms with Gasteiger partial charge in [0, 0.05) is 0 Å². The van der Waals surface area contributed by atoms with Gasteiger partial charge in [-0.2, -0.15) is 12.6 Å². The normalized spacial score (nSPS) is 28.2. The molecule has 2 atom stereocenters. The highest BCUT2D eigenvalue weighted by atomic mass is 32.1. The molecule has 1 amide bonds. The molecule has 5 heteroatoms. The van der Waals surface area contributed by atoms with E-state index < -0.39 is 0 Å². The Labute approximate surface area is 130 Å². The Morgan fingerprint density at radius 3 is 2.52 bits per heavy atom. The van der Waals surface area contributed by atoms with Gasteiger partial charge >= 0.3 is 6.09 Å². The average molecular weight is 307 g/mol. The van der Waals surface area contributed by atoms with E-state index in [9.17, 15) is 4.79 Å². The zero-order valence-corrected chi connectivity index (χ0v) is 12.9. The number of carbonyl (C=O) groups is 1. The molecule has 0 aliphatic carbocycles. The van der Waals surface area contributed by atoms with Gasteiger partial charge in [-0.05, 0) is 30.1 Å². The van der Waals surface area contributed by atoms with Crippen molar-refractivity contribution in [3.05, 3.63) is 35.9 Å². The Balaban J connectivity index is 1.61. The monoisotopic (exact) mass is 307 g/mol. The van der Waals surface area contributed by atoms with Crippen molar-refractivity contribution >= 4 is 18.7 Å². The highest BCUT2D eigenvalue weighted by Gasteiger charge is 2.41. The first-order valence-corrected chi connectivity index (χ1v) is 8.08. The lowest BCUT2D eigenvalue weighted by atomic mass is 9.86. The van der Waals surface area contributed by atoms with Crippen LogP contribution >= 0.6 is 12.6 Å². The fourth-order valence-electron chi connectivity index (χ4n) is 3.27. The fraction of sp³-hybridized carbons (Fsp3) is 0.562. The number of morpholine rings is 1. The molecular formula is C16H21NO3S. The van der Waals surface area contributed by atoms with Gasteiger partial charge in [0.2, 0.25) is 0 Å². The van der Waals surface area contributed by atoms with Crippen molar-refractivity contribution < 1.29 is 14.3 Å². The third kappa shape index (κ3) is 3.35. The predicted molar refractivity (Wildman–Crippen MR) is 83.4 cm³/mol. The Morgan fingerprint density at radius 2 is 1.90 bits per heavy atom. The molecule has 0 N–H and O–H groups in total. The first-order chi connectivity index (χ1) is 10.3. The molecule has 2 bridgehead atoms. The van der Waals surface area contributed by atoms with Crippen molar-refractivity contribution in [2.24, 2.45) is 5.92 Å². The number of benzene rings is 1. The summed E-state index contributed by atoms with van der Waals surface area (Å²) in [4.78, 5) is 14.3. The summed E-state index contributed by atoms with van der Waals surface area (Å²) < 4.78 is 11.1. The lowest BCUT2D eigenvalue weighted by Crippen LogP contribution is -2.59. The molecule has 0 spiro atoms. The maximum atomic E-state index is 12.4. The standard InChI is InChI=1S/C16H21NO3S/c18-16(20-8-12-4-2-1-3-5-12)17-14-6-13(11-21)7-15(17)10-19-9-14/h1-5,13-15,21H,6-11H2. The summed E-state index contributed by atoms with van der Waals surface area (Å²) in [6.45, 7) is 1.55. The van der Waals surface area contributed by atoms with Gasteiger partial charge in [-0.1, -0.05) is 30.3 Å². The Morgan fingerprint density at radius 1 is 1.24 bits per heavy atom. The van der Waals surface area contributed by atoms with Gasteiger partial charge in [0.1, 0.15) is 6.61 Å². The smallest absolute Gasteiger partial charge is 0.410 e. The summed E-state index contributed by atoms with van der Waals surface area (Å²) in [5, 5.41) is 0. The number of nitrogens with zero attached hydrogens (tertiary/aromatic N) is 1. The first kappa shape index (κ1) is 14.7. The van der Waals surface area contributed by atoms with E-state index in [-0.39, 0.29) is 18.2 Å². The van der Waals surface area contributed by atoms with Crippen LogP contribution in [0.3, 0.4) is 0 Å². The highest BCUT2D eigenvalue weighted by Crippen LogP contribution is 2.32. The maximum Gasteiger partial charge on any atom is 0.410 e. The summed E-state index contributed by atoms with van der Waals surface area (Å²) in [6.07, 6.45) is 1.70. The fourth-order valence-corrected chi connectivity index (χ4v) is 3.57. The average Bonchev–Trinajstić information content (AvgIpc) is 2.52. The van der Waals surface area contributed by atoms with Crippen LogP contribution in [-0.2, 0) is 16.1 Å². The topological polar surface area (TPSA) is 38.8 Å². The summed E-state index contributed by atoms with van der Waals surface area (Å²) in [5.74, 6) is 1.45. The van der Waals surface area contributed by atoms with Crippen LogP contribution < -0.4 is 0 Å². The van der Waals surface area contributed by atoms with Crippen molar-refractivity contribution in [2.45, 2.75) is 31.5 Å². The molecule has 21 heavy (non-hydrogen) atoms. The number of hydrogen-bond donors (Lipinski definition) is 1. The molecule has 1 aromatic carbocycles. The van der Waals surface area contributed by atoms with Crippen LogP contribution in [0, 0.1) is 5.92 Å². The number of fused-ring (bicyclic) bond motifs is 2. The SMILES string of the molecule is O=C(OCc1ccccc1)N1C2COCC1CC(CS)C2. The molecule has 1 aromatic rings. The van der Waals surface area contributed by atoms with Crippen molar-refractivity contribution in [3.8, 4) is 0 Å². The minimum Gasteiger partial charge on any atom is -0.445 e. The van der Waals surface area contributed by atoms with Crippen molar-refractivity contribution in [1.29, 1.82) is 0 Å². The third-order valence-electron chi connectivity index (χ3n) is 4.29. The van der Waals surface area contributed by atoms with E-state index in [4.69, 9.17) is 9.47 Å². The predicted octanol–water partition coefficient (Wildman–Crippen LogP) is 2.73. The van der Waals surface area contributed by atoms with E-state index in [0.29, 0.717) is 25.7 Å². The lowest BCUT2D eigenvalue weighted by Gasteiger charge is -2.47. The van der Waals surface area contributed by atoms with Gasteiger partial charge in [-0.3, -0.25) is 4.90 Å². The van der Waals surface area contributed by atoms with Gasteiger partial charge in [-0.25, -0.2) is 4.79 Å². The Kier molecular flexibility index (Phi) is 4.70. The Hall–Kier alpha value is -1.20. The van der Waals surface area contributed by atoms with Gasteiger partial charge in [0.25, 0.3) is 0 Å². The van der Waals surface area contributed by atoms with E-state index in [1.165, 1.54) is 0 Å². The molecule has 2 unspecified atom stereocenters. The molecule has 2 saturated heterocycles. The van der Waals surface area contributed by atoms with Crippen LogP contribution in [0.15, 0.2) is 30.3 Å². The van der Waals surface area contributed by atoms with Gasteiger partial charge in [-0.15, -0.1) is 0 Å². The summed E-state index contributed by atoms with van der Waals surface area (Å²) in [6, 6.07) is 10.0. The third-order valence-corrected chi connectivity index (χ3v) is 4.81. The van der Waals surface area contributed by atoms with Crippen molar-refractivity contribution in [2.75, 3.05) is 19.0 Å². The quantitative estimate of drug-likeness (QED) is 0.873. The molecule has 0 aromatic heterocycles. The van der Waals surface area contributed by atoms with Crippen molar-refractivity contribution in [3.63, 3.8) is 0 Å². The molecule has 2 aliphatic rings. The molecule has 114 valence electrons. The van der Waals surface area contributed by atoms with Gasteiger partial charge in [0.05, 0.1) is 25.3 Å². The summed E-state index contributed by atoms with van der Waals surface area (Å²) in [5.41, 5.74) is 1.01. The molecule has 2 heterocycles. The second-order valence-electron chi connectivity index (χ2n) is 5.81. The van der Waals surface area contributed by atoms with E-state index in [0.717, 1.165) is 24.2 Å². The molecule has 0 radical (unpaired) electrons. The molecule has 2 fully saturated rings. The number of piperidine rings is 1. The summed E-state index contributed by atoms with van der Waals surface area (Å²) in [7, 11) is 0. The van der Waals surface area contributed by atoms with E-state index in [1.807, 2.05) is 35.2 Å². The lowest BCUT2D eigenvalue weighted by molar-refractivity contribution is -0.0768. The summed E-state index contributed by atoms with van der Waals surface area (Å²) >= 11 is 4.40. The molecule has 4 nitrogen and oxygen atoms in total. The number of hydrogen-bond acceptors (Lipinski definition) is 4. The zero-order valence-electron chi connectivity index (χ0n) is 12.0. The van der Waals surface area contributed by atoms with Crippen LogP contribution in [-0.4, -0.2) is 42.0 Å². The second-order valence-corrected chi connectivity index (χ2v) is 6.18. The van der Waals surface area contributed by atoms with Crippen LogP contribution in [0.4, 0.5) is 4.79 Å². The Bertz CT molecular complexity index is 468. The number of carbonyl (C=O) groups excluding carboxylic acids is 1. The number of thiol groups is 1. The van der Waals surface area contributed by atoms with Crippen molar-refractivity contribution in [1.82, 2.24) is 4.90 Å². The van der Waals surface area contributed by atoms with E-state index in [1.54, 1.807) is 0 Å². The molecular weight excluding hydrogens is 286 g/mol. The van der Waals surface area contributed by atoms with Gasteiger partial charge < -0.3 is 9.47 Å².